The third kappa shape index (κ3) is 2.50. The molecule has 1 aliphatic rings. The van der Waals surface area contributed by atoms with Crippen LogP contribution in [0.25, 0.3) is 0 Å². The lowest BCUT2D eigenvalue weighted by Crippen LogP contribution is -2.55. The van der Waals surface area contributed by atoms with E-state index in [1.807, 2.05) is 0 Å². The van der Waals surface area contributed by atoms with Gasteiger partial charge in [-0.2, -0.15) is 0 Å². The maximum atomic E-state index is 12.1. The highest BCUT2D eigenvalue weighted by atomic mass is 16.5. The van der Waals surface area contributed by atoms with Gasteiger partial charge in [-0.05, 0) is 12.1 Å². The average molecular weight is 266 g/mol. The molecule has 0 aliphatic carbocycles. The summed E-state index contributed by atoms with van der Waals surface area (Å²) in [5.41, 5.74) is -1.18. The Morgan fingerprint density at radius 1 is 1.58 bits per heavy atom. The number of aliphatic carboxylic acids is 1. The van der Waals surface area contributed by atoms with Crippen molar-refractivity contribution in [1.29, 1.82) is 0 Å². The second-order valence-electron chi connectivity index (χ2n) is 4.20. The Bertz CT molecular complexity index is 497. The number of nitrogens with one attached hydrogen (secondary N) is 1. The summed E-state index contributed by atoms with van der Waals surface area (Å²) < 4.78 is 10.0. The molecule has 0 bridgehead atoms. The number of carboxylic acids is 1. The van der Waals surface area contributed by atoms with E-state index in [-0.39, 0.29) is 24.5 Å². The second-order valence-corrected chi connectivity index (χ2v) is 4.20. The quantitative estimate of drug-likeness (QED) is 0.800. The van der Waals surface area contributed by atoms with Gasteiger partial charge in [0.05, 0.1) is 13.7 Å². The molecule has 7 nitrogen and oxygen atoms in total. The minimum absolute atomic E-state index is 0.0450. The monoisotopic (exact) mass is 266 g/mol. The van der Waals surface area contributed by atoms with E-state index in [1.54, 1.807) is 6.07 Å². The van der Waals surface area contributed by atoms with Crippen LogP contribution in [0.3, 0.4) is 0 Å². The van der Waals surface area contributed by atoms with E-state index >= 15 is 0 Å². The fourth-order valence-electron chi connectivity index (χ4n) is 1.90. The molecule has 1 saturated heterocycles. The molecule has 0 spiro atoms. The molecule has 1 aliphatic heterocycles. The van der Waals surface area contributed by atoms with Crippen molar-refractivity contribution in [3.63, 3.8) is 0 Å². The molecule has 1 amide bonds. The van der Waals surface area contributed by atoms with E-state index in [0.29, 0.717) is 6.61 Å². The van der Waals surface area contributed by atoms with Gasteiger partial charge in [-0.15, -0.1) is 0 Å². The lowest BCUT2D eigenvalue weighted by Gasteiger charge is -2.23. The van der Waals surface area contributed by atoms with Crippen LogP contribution in [-0.2, 0) is 9.53 Å². The minimum Gasteiger partial charge on any atom is -0.480 e. The number of aromatic nitrogens is 1. The van der Waals surface area contributed by atoms with Crippen molar-refractivity contribution in [1.82, 2.24) is 10.3 Å². The fraction of sp³-hybridized carbons (Fsp3) is 0.417. The first kappa shape index (κ1) is 13.3. The molecule has 7 heteroatoms. The topological polar surface area (TPSA) is 97.8 Å². The molecule has 2 N–H and O–H groups in total. The van der Waals surface area contributed by atoms with E-state index < -0.39 is 17.4 Å². The number of ether oxygens (including phenoxy) is 2. The molecule has 0 aromatic carbocycles. The number of carbonyl (C=O) groups excluding carboxylic acids is 1. The normalized spacial score (nSPS) is 21.9. The fourth-order valence-corrected chi connectivity index (χ4v) is 1.90. The first-order valence-corrected chi connectivity index (χ1v) is 5.72. The molecular weight excluding hydrogens is 252 g/mol. The number of amides is 1. The maximum absolute atomic E-state index is 12.1. The minimum atomic E-state index is -1.38. The van der Waals surface area contributed by atoms with E-state index in [9.17, 15) is 14.7 Å². The van der Waals surface area contributed by atoms with Gasteiger partial charge >= 0.3 is 5.97 Å². The summed E-state index contributed by atoms with van der Waals surface area (Å²) in [6.45, 7) is 0.257. The van der Waals surface area contributed by atoms with Crippen molar-refractivity contribution >= 4 is 11.9 Å². The van der Waals surface area contributed by atoms with Crippen LogP contribution in [0.5, 0.6) is 5.88 Å². The van der Waals surface area contributed by atoms with Crippen molar-refractivity contribution in [2.75, 3.05) is 20.3 Å². The Kier molecular flexibility index (Phi) is 3.66. The van der Waals surface area contributed by atoms with E-state index in [0.717, 1.165) is 0 Å². The van der Waals surface area contributed by atoms with Crippen LogP contribution in [0.2, 0.25) is 0 Å². The predicted molar refractivity (Wildman–Crippen MR) is 64.1 cm³/mol. The molecule has 102 valence electrons. The Balaban J connectivity index is 2.23. The molecule has 19 heavy (non-hydrogen) atoms. The summed E-state index contributed by atoms with van der Waals surface area (Å²) in [6, 6.07) is 3.10. The molecule has 1 unspecified atom stereocenters. The van der Waals surface area contributed by atoms with Gasteiger partial charge < -0.3 is 19.9 Å². The van der Waals surface area contributed by atoms with Crippen LogP contribution in [0, 0.1) is 0 Å². The average Bonchev–Trinajstić information content (AvgIpc) is 2.88. The predicted octanol–water partition coefficient (Wildman–Crippen LogP) is 0.0637. The third-order valence-electron chi connectivity index (χ3n) is 2.99. The lowest BCUT2D eigenvalue weighted by molar-refractivity contribution is -0.144. The summed E-state index contributed by atoms with van der Waals surface area (Å²) in [5.74, 6) is -1.50. The lowest BCUT2D eigenvalue weighted by atomic mass is 9.98. The standard InChI is InChI=1S/C12H14N2O5/c1-18-10-8(3-2-5-13-10)9(15)14-12(11(16)17)4-6-19-7-12/h2-3,5H,4,6-7H2,1H3,(H,14,15)(H,16,17). The first-order chi connectivity index (χ1) is 9.09. The van der Waals surface area contributed by atoms with Crippen LogP contribution in [0.4, 0.5) is 0 Å². The highest BCUT2D eigenvalue weighted by Crippen LogP contribution is 2.21. The summed E-state index contributed by atoms with van der Waals surface area (Å²) in [4.78, 5) is 27.3. The zero-order valence-corrected chi connectivity index (χ0v) is 10.4. The van der Waals surface area contributed by atoms with Gasteiger partial charge in [0.25, 0.3) is 5.91 Å². The summed E-state index contributed by atoms with van der Waals surface area (Å²) >= 11 is 0. The maximum Gasteiger partial charge on any atom is 0.331 e. The van der Waals surface area contributed by atoms with Gasteiger partial charge in [0.15, 0.2) is 5.54 Å². The van der Waals surface area contributed by atoms with Crippen LogP contribution in [0.1, 0.15) is 16.8 Å². The number of nitrogens with zero attached hydrogens (tertiary/aromatic N) is 1. The number of carboxylic acid groups (broad SMARTS) is 1. The van der Waals surface area contributed by atoms with Crippen molar-refractivity contribution in [3.8, 4) is 5.88 Å². The SMILES string of the molecule is COc1ncccc1C(=O)NC1(C(=O)O)CCOC1. The molecule has 1 fully saturated rings. The summed E-state index contributed by atoms with van der Waals surface area (Å²) in [5, 5.41) is 11.7. The molecule has 0 saturated carbocycles. The van der Waals surface area contributed by atoms with Crippen molar-refractivity contribution in [2.45, 2.75) is 12.0 Å². The summed E-state index contributed by atoms with van der Waals surface area (Å²) in [6.07, 6.45) is 1.72. The molecule has 1 aromatic rings. The van der Waals surface area contributed by atoms with Gasteiger partial charge in [0.1, 0.15) is 5.56 Å². The largest absolute Gasteiger partial charge is 0.480 e. The van der Waals surface area contributed by atoms with Crippen LogP contribution < -0.4 is 10.1 Å². The Hall–Kier alpha value is -2.15. The smallest absolute Gasteiger partial charge is 0.331 e. The van der Waals surface area contributed by atoms with Gasteiger partial charge in [0.2, 0.25) is 5.88 Å². The molecule has 0 radical (unpaired) electrons. The summed E-state index contributed by atoms with van der Waals surface area (Å²) in [7, 11) is 1.39. The molecule has 2 rings (SSSR count). The Morgan fingerprint density at radius 2 is 2.37 bits per heavy atom. The number of pyridine rings is 1. The van der Waals surface area contributed by atoms with E-state index in [4.69, 9.17) is 9.47 Å². The van der Waals surface area contributed by atoms with Crippen molar-refractivity contribution < 1.29 is 24.2 Å². The number of hydrogen-bond acceptors (Lipinski definition) is 5. The van der Waals surface area contributed by atoms with Gasteiger partial charge in [-0.25, -0.2) is 9.78 Å². The first-order valence-electron chi connectivity index (χ1n) is 5.72. The molecule has 1 aromatic heterocycles. The molecule has 1 atom stereocenters. The molecule has 2 heterocycles. The van der Waals surface area contributed by atoms with E-state index in [2.05, 4.69) is 10.3 Å². The van der Waals surface area contributed by atoms with Crippen LogP contribution in [-0.4, -0.2) is 47.8 Å². The van der Waals surface area contributed by atoms with Gasteiger partial charge in [-0.3, -0.25) is 4.79 Å². The number of rotatable bonds is 4. The third-order valence-corrected chi connectivity index (χ3v) is 2.99. The second kappa shape index (κ2) is 5.23. The van der Waals surface area contributed by atoms with Crippen molar-refractivity contribution in [3.05, 3.63) is 23.9 Å². The van der Waals surface area contributed by atoms with Gasteiger partial charge in [-0.1, -0.05) is 0 Å². The number of hydrogen-bond donors (Lipinski definition) is 2. The zero-order chi connectivity index (χ0) is 13.9. The van der Waals surface area contributed by atoms with E-state index in [1.165, 1.54) is 19.4 Å². The van der Waals surface area contributed by atoms with Gasteiger partial charge in [0, 0.05) is 19.2 Å². The highest BCUT2D eigenvalue weighted by Gasteiger charge is 2.44. The van der Waals surface area contributed by atoms with Crippen molar-refractivity contribution in [2.24, 2.45) is 0 Å². The van der Waals surface area contributed by atoms with Crippen LogP contribution >= 0.6 is 0 Å². The molecular formula is C12H14N2O5. The Morgan fingerprint density at radius 3 is 2.95 bits per heavy atom. The highest BCUT2D eigenvalue weighted by molar-refractivity contribution is 5.99. The number of carbonyl (C=O) groups is 2. The van der Waals surface area contributed by atoms with Crippen LogP contribution in [0.15, 0.2) is 18.3 Å². The number of methoxy groups -OCH3 is 1. The Labute approximate surface area is 109 Å². The zero-order valence-electron chi connectivity index (χ0n) is 10.4.